The smallest absolute Gasteiger partial charge is 0.303 e. The van der Waals surface area contributed by atoms with E-state index in [1.54, 1.807) is 9.58 Å². The van der Waals surface area contributed by atoms with Crippen LogP contribution in [0, 0.1) is 19.8 Å². The monoisotopic (exact) mass is 309 g/mol. The zero-order valence-electron chi connectivity index (χ0n) is 13.3. The quantitative estimate of drug-likeness (QED) is 0.881. The Bertz CT molecular complexity index is 559. The Hall–Kier alpha value is -2.05. The molecular weight excluding hydrogens is 286 g/mol. The molecule has 1 aromatic rings. The average Bonchev–Trinajstić information content (AvgIpc) is 2.70. The van der Waals surface area contributed by atoms with Crippen LogP contribution in [0.5, 0.6) is 5.75 Å². The molecule has 0 aliphatic carbocycles. The number of aromatic nitrogens is 2. The van der Waals surface area contributed by atoms with Crippen LogP contribution in [0.2, 0.25) is 0 Å². The largest absolute Gasteiger partial charge is 0.481 e. The Morgan fingerprint density at radius 1 is 1.32 bits per heavy atom. The summed E-state index contributed by atoms with van der Waals surface area (Å²) >= 11 is 0. The van der Waals surface area contributed by atoms with E-state index in [4.69, 9.17) is 9.84 Å². The minimum atomic E-state index is -0.768. The third-order valence-corrected chi connectivity index (χ3v) is 4.21. The van der Waals surface area contributed by atoms with Gasteiger partial charge in [0, 0.05) is 26.6 Å². The van der Waals surface area contributed by atoms with E-state index >= 15 is 0 Å². The molecule has 0 unspecified atom stereocenters. The molecule has 7 heteroatoms. The number of carbonyl (C=O) groups excluding carboxylic acids is 1. The summed E-state index contributed by atoms with van der Waals surface area (Å²) in [7, 11) is 1.84. The van der Waals surface area contributed by atoms with Gasteiger partial charge in [-0.3, -0.25) is 14.3 Å². The zero-order valence-corrected chi connectivity index (χ0v) is 13.3. The number of rotatable bonds is 5. The van der Waals surface area contributed by atoms with E-state index in [0.717, 1.165) is 24.2 Å². The Morgan fingerprint density at radius 2 is 1.95 bits per heavy atom. The highest BCUT2D eigenvalue weighted by molar-refractivity contribution is 5.78. The van der Waals surface area contributed by atoms with Crippen molar-refractivity contribution >= 4 is 11.9 Å². The number of carboxylic acids is 1. The topological polar surface area (TPSA) is 84.7 Å². The van der Waals surface area contributed by atoms with Gasteiger partial charge in [0.15, 0.2) is 12.4 Å². The fourth-order valence-electron chi connectivity index (χ4n) is 2.82. The van der Waals surface area contributed by atoms with Gasteiger partial charge in [-0.15, -0.1) is 0 Å². The molecule has 0 spiro atoms. The highest BCUT2D eigenvalue weighted by atomic mass is 16.5. The lowest BCUT2D eigenvalue weighted by atomic mass is 9.94. The van der Waals surface area contributed by atoms with Gasteiger partial charge in [0.2, 0.25) is 0 Å². The summed E-state index contributed by atoms with van der Waals surface area (Å²) in [5.41, 5.74) is 1.67. The highest BCUT2D eigenvalue weighted by Crippen LogP contribution is 2.23. The van der Waals surface area contributed by atoms with Gasteiger partial charge in [-0.05, 0) is 32.6 Å². The third kappa shape index (κ3) is 3.78. The van der Waals surface area contributed by atoms with Gasteiger partial charge in [0.1, 0.15) is 5.69 Å². The van der Waals surface area contributed by atoms with Crippen molar-refractivity contribution in [2.75, 3.05) is 19.7 Å². The average molecular weight is 309 g/mol. The molecule has 1 aromatic heterocycles. The predicted octanol–water partition coefficient (Wildman–Crippen LogP) is 1.13. The summed E-state index contributed by atoms with van der Waals surface area (Å²) in [4.78, 5) is 24.6. The molecule has 1 saturated heterocycles. The van der Waals surface area contributed by atoms with Gasteiger partial charge >= 0.3 is 5.97 Å². The summed E-state index contributed by atoms with van der Waals surface area (Å²) in [5.74, 6) is 0.00830. The molecule has 1 aliphatic rings. The van der Waals surface area contributed by atoms with Gasteiger partial charge in [-0.2, -0.15) is 5.10 Å². The molecule has 0 bridgehead atoms. The SMILES string of the molecule is Cc1nn(C)c(C)c1OCC(=O)N1CCC(CC(=O)O)CC1. The van der Waals surface area contributed by atoms with Crippen LogP contribution in [-0.2, 0) is 16.6 Å². The van der Waals surface area contributed by atoms with Gasteiger partial charge in [-0.1, -0.05) is 0 Å². The van der Waals surface area contributed by atoms with Crippen molar-refractivity contribution in [3.63, 3.8) is 0 Å². The Kier molecular flexibility index (Phi) is 5.05. The highest BCUT2D eigenvalue weighted by Gasteiger charge is 2.25. The first kappa shape index (κ1) is 16.3. The van der Waals surface area contributed by atoms with Crippen LogP contribution in [0.15, 0.2) is 0 Å². The van der Waals surface area contributed by atoms with E-state index in [1.165, 1.54) is 0 Å². The number of aliphatic carboxylic acids is 1. The second-order valence-electron chi connectivity index (χ2n) is 5.83. The van der Waals surface area contributed by atoms with Crippen molar-refractivity contribution in [1.82, 2.24) is 14.7 Å². The summed E-state index contributed by atoms with van der Waals surface area (Å²) in [5, 5.41) is 13.0. The van der Waals surface area contributed by atoms with Crippen molar-refractivity contribution < 1.29 is 19.4 Å². The molecule has 1 fully saturated rings. The zero-order chi connectivity index (χ0) is 16.3. The molecule has 7 nitrogen and oxygen atoms in total. The molecular formula is C15H23N3O4. The van der Waals surface area contributed by atoms with E-state index in [2.05, 4.69) is 5.10 Å². The minimum Gasteiger partial charge on any atom is -0.481 e. The van der Waals surface area contributed by atoms with Gasteiger partial charge in [-0.25, -0.2) is 0 Å². The van der Waals surface area contributed by atoms with Crippen molar-refractivity contribution in [2.45, 2.75) is 33.1 Å². The lowest BCUT2D eigenvalue weighted by molar-refractivity contribution is -0.139. The predicted molar refractivity (Wildman–Crippen MR) is 79.7 cm³/mol. The maximum atomic E-state index is 12.2. The van der Waals surface area contributed by atoms with Gasteiger partial charge in [0.05, 0.1) is 5.69 Å². The molecule has 22 heavy (non-hydrogen) atoms. The van der Waals surface area contributed by atoms with Gasteiger partial charge < -0.3 is 14.7 Å². The standard InChI is InChI=1S/C15H23N3O4/c1-10-15(11(2)17(3)16-10)22-9-13(19)18-6-4-12(5-7-18)8-14(20)21/h12H,4-9H2,1-3H3,(H,20,21). The van der Waals surface area contributed by atoms with Crippen LogP contribution in [0.3, 0.4) is 0 Å². The molecule has 0 radical (unpaired) electrons. The Morgan fingerprint density at radius 3 is 2.45 bits per heavy atom. The van der Waals surface area contributed by atoms with Crippen molar-refractivity contribution in [1.29, 1.82) is 0 Å². The number of hydrogen-bond acceptors (Lipinski definition) is 4. The molecule has 0 aromatic carbocycles. The lowest BCUT2D eigenvalue weighted by Crippen LogP contribution is -2.41. The summed E-state index contributed by atoms with van der Waals surface area (Å²) in [6, 6.07) is 0. The molecule has 1 N–H and O–H groups in total. The molecule has 2 heterocycles. The first-order valence-electron chi connectivity index (χ1n) is 7.51. The number of ether oxygens (including phenoxy) is 1. The van der Waals surface area contributed by atoms with E-state index in [9.17, 15) is 9.59 Å². The lowest BCUT2D eigenvalue weighted by Gasteiger charge is -2.31. The summed E-state index contributed by atoms with van der Waals surface area (Å²) < 4.78 is 7.35. The number of hydrogen-bond donors (Lipinski definition) is 1. The fraction of sp³-hybridized carbons (Fsp3) is 0.667. The molecule has 2 rings (SSSR count). The van der Waals surface area contributed by atoms with Crippen molar-refractivity contribution in [2.24, 2.45) is 13.0 Å². The van der Waals surface area contributed by atoms with E-state index in [1.807, 2.05) is 20.9 Å². The second-order valence-corrected chi connectivity index (χ2v) is 5.83. The fourth-order valence-corrected chi connectivity index (χ4v) is 2.82. The number of aryl methyl sites for hydroxylation is 2. The number of carboxylic acid groups (broad SMARTS) is 1. The number of nitrogens with zero attached hydrogens (tertiary/aromatic N) is 3. The van der Waals surface area contributed by atoms with Crippen LogP contribution in [0.1, 0.15) is 30.7 Å². The first-order valence-corrected chi connectivity index (χ1v) is 7.51. The first-order chi connectivity index (χ1) is 10.4. The van der Waals surface area contributed by atoms with Crippen molar-refractivity contribution in [3.05, 3.63) is 11.4 Å². The molecule has 1 amide bonds. The van der Waals surface area contributed by atoms with Gasteiger partial charge in [0.25, 0.3) is 5.91 Å². The molecule has 122 valence electrons. The molecule has 0 atom stereocenters. The van der Waals surface area contributed by atoms with Crippen LogP contribution in [0.25, 0.3) is 0 Å². The van der Waals surface area contributed by atoms with Crippen LogP contribution >= 0.6 is 0 Å². The van der Waals surface area contributed by atoms with E-state index < -0.39 is 5.97 Å². The molecule has 0 saturated carbocycles. The second kappa shape index (κ2) is 6.81. The Balaban J connectivity index is 1.82. The van der Waals surface area contributed by atoms with E-state index in [-0.39, 0.29) is 24.9 Å². The van der Waals surface area contributed by atoms with E-state index in [0.29, 0.717) is 18.8 Å². The van der Waals surface area contributed by atoms with Crippen LogP contribution in [0.4, 0.5) is 0 Å². The minimum absolute atomic E-state index is 0.00301. The number of likely N-dealkylation sites (tertiary alicyclic amines) is 1. The third-order valence-electron chi connectivity index (χ3n) is 4.21. The summed E-state index contributed by atoms with van der Waals surface area (Å²) in [6.07, 6.45) is 1.67. The van der Waals surface area contributed by atoms with Crippen LogP contribution in [-0.4, -0.2) is 51.4 Å². The Labute approximate surface area is 129 Å². The summed E-state index contributed by atoms with van der Waals surface area (Å²) in [6.45, 7) is 4.95. The van der Waals surface area contributed by atoms with Crippen LogP contribution < -0.4 is 4.74 Å². The maximum absolute atomic E-state index is 12.2. The number of carbonyl (C=O) groups is 2. The van der Waals surface area contributed by atoms with Crippen molar-refractivity contribution in [3.8, 4) is 5.75 Å². The number of amides is 1. The molecule has 1 aliphatic heterocycles. The maximum Gasteiger partial charge on any atom is 0.303 e. The number of piperidine rings is 1. The normalized spacial score (nSPS) is 15.9.